The molecule has 0 saturated heterocycles. The summed E-state index contributed by atoms with van der Waals surface area (Å²) in [4.78, 5) is 11.6. The monoisotopic (exact) mass is 220 g/mol. The lowest BCUT2D eigenvalue weighted by molar-refractivity contribution is -0.137. The lowest BCUT2D eigenvalue weighted by Gasteiger charge is -2.32. The molecule has 0 bridgehead atoms. The van der Waals surface area contributed by atoms with E-state index >= 15 is 0 Å². The molecule has 1 aromatic carbocycles. The molecular formula is C13H16O3. The summed E-state index contributed by atoms with van der Waals surface area (Å²) in [6, 6.07) is 5.50. The van der Waals surface area contributed by atoms with E-state index in [0.717, 1.165) is 24.2 Å². The average Bonchev–Trinajstić information content (AvgIpc) is 2.28. The van der Waals surface area contributed by atoms with E-state index in [9.17, 15) is 9.90 Å². The summed E-state index contributed by atoms with van der Waals surface area (Å²) < 4.78 is 5.26. The molecule has 0 amide bonds. The van der Waals surface area contributed by atoms with Crippen molar-refractivity contribution in [3.05, 3.63) is 29.3 Å². The van der Waals surface area contributed by atoms with Crippen LogP contribution in [0.2, 0.25) is 0 Å². The Hall–Kier alpha value is -1.35. The van der Waals surface area contributed by atoms with Crippen LogP contribution in [0.15, 0.2) is 18.2 Å². The highest BCUT2D eigenvalue weighted by molar-refractivity contribution is 5.87. The maximum Gasteiger partial charge on any atom is 0.165 e. The third kappa shape index (κ3) is 1.52. The molecule has 0 fully saturated rings. The van der Waals surface area contributed by atoms with Gasteiger partial charge in [-0.3, -0.25) is 4.79 Å². The minimum absolute atomic E-state index is 0.193. The molecule has 1 aromatic rings. The number of hydrogen-bond donors (Lipinski definition) is 1. The lowest BCUT2D eigenvalue weighted by atomic mass is 9.77. The molecule has 2 rings (SSSR count). The average molecular weight is 220 g/mol. The number of hydrogen-bond acceptors (Lipinski definition) is 3. The fourth-order valence-electron chi connectivity index (χ4n) is 2.42. The van der Waals surface area contributed by atoms with Crippen molar-refractivity contribution in [2.45, 2.75) is 31.8 Å². The van der Waals surface area contributed by atoms with Crippen LogP contribution in [-0.4, -0.2) is 18.0 Å². The number of ketones is 1. The van der Waals surface area contributed by atoms with Crippen LogP contribution in [0.3, 0.4) is 0 Å². The van der Waals surface area contributed by atoms with E-state index in [4.69, 9.17) is 4.74 Å². The normalized spacial score (nSPS) is 23.7. The van der Waals surface area contributed by atoms with E-state index in [1.165, 1.54) is 6.92 Å². The number of ether oxygens (including phenoxy) is 1. The van der Waals surface area contributed by atoms with Gasteiger partial charge >= 0.3 is 0 Å². The molecule has 16 heavy (non-hydrogen) atoms. The van der Waals surface area contributed by atoms with Gasteiger partial charge in [0.25, 0.3) is 0 Å². The number of Topliss-reactive ketones (excluding diaryl/α,β-unsaturated/α-hetero) is 1. The Morgan fingerprint density at radius 3 is 2.88 bits per heavy atom. The predicted molar refractivity (Wildman–Crippen MR) is 60.5 cm³/mol. The molecule has 1 atom stereocenters. The highest BCUT2D eigenvalue weighted by atomic mass is 16.5. The largest absolute Gasteiger partial charge is 0.496 e. The van der Waals surface area contributed by atoms with Crippen LogP contribution < -0.4 is 4.74 Å². The molecule has 3 nitrogen and oxygen atoms in total. The zero-order valence-electron chi connectivity index (χ0n) is 9.62. The fraction of sp³-hybridized carbons (Fsp3) is 0.462. The number of rotatable bonds is 2. The third-order valence-corrected chi connectivity index (χ3v) is 3.35. The number of aliphatic hydroxyl groups is 1. The van der Waals surface area contributed by atoms with Gasteiger partial charge in [-0.1, -0.05) is 12.1 Å². The van der Waals surface area contributed by atoms with Gasteiger partial charge in [-0.05, 0) is 37.8 Å². The summed E-state index contributed by atoms with van der Waals surface area (Å²) in [5, 5.41) is 10.4. The van der Waals surface area contributed by atoms with Gasteiger partial charge in [0.15, 0.2) is 5.78 Å². The summed E-state index contributed by atoms with van der Waals surface area (Å²) in [6.07, 6.45) is 2.17. The highest BCUT2D eigenvalue weighted by Gasteiger charge is 2.39. The number of fused-ring (bicyclic) bond motifs is 1. The van der Waals surface area contributed by atoms with E-state index in [-0.39, 0.29) is 5.78 Å². The van der Waals surface area contributed by atoms with Crippen LogP contribution >= 0.6 is 0 Å². The van der Waals surface area contributed by atoms with Gasteiger partial charge in [0.05, 0.1) is 7.11 Å². The molecule has 0 aliphatic heterocycles. The van der Waals surface area contributed by atoms with Gasteiger partial charge < -0.3 is 9.84 Å². The van der Waals surface area contributed by atoms with Crippen LogP contribution in [0.5, 0.6) is 5.75 Å². The second-order valence-electron chi connectivity index (χ2n) is 4.26. The maximum absolute atomic E-state index is 11.6. The highest BCUT2D eigenvalue weighted by Crippen LogP contribution is 2.39. The van der Waals surface area contributed by atoms with Crippen LogP contribution in [0.1, 0.15) is 30.9 Å². The van der Waals surface area contributed by atoms with Gasteiger partial charge in [0, 0.05) is 5.56 Å². The fourth-order valence-corrected chi connectivity index (χ4v) is 2.42. The molecule has 86 valence electrons. The molecule has 0 unspecified atom stereocenters. The first-order valence-electron chi connectivity index (χ1n) is 5.49. The molecule has 0 aromatic heterocycles. The van der Waals surface area contributed by atoms with Crippen molar-refractivity contribution in [3.63, 3.8) is 0 Å². The molecule has 0 heterocycles. The summed E-state index contributed by atoms with van der Waals surface area (Å²) in [5.41, 5.74) is 0.363. The molecule has 1 N–H and O–H groups in total. The quantitative estimate of drug-likeness (QED) is 0.826. The van der Waals surface area contributed by atoms with Crippen molar-refractivity contribution in [1.82, 2.24) is 0 Å². The molecule has 0 saturated carbocycles. The second-order valence-corrected chi connectivity index (χ2v) is 4.26. The number of methoxy groups -OCH3 is 1. The Labute approximate surface area is 95.0 Å². The van der Waals surface area contributed by atoms with Crippen molar-refractivity contribution in [2.24, 2.45) is 0 Å². The number of benzene rings is 1. The molecule has 1 aliphatic carbocycles. The van der Waals surface area contributed by atoms with Gasteiger partial charge in [0.1, 0.15) is 11.4 Å². The van der Waals surface area contributed by atoms with Crippen LogP contribution in [-0.2, 0) is 16.8 Å². The van der Waals surface area contributed by atoms with Crippen molar-refractivity contribution in [1.29, 1.82) is 0 Å². The summed E-state index contributed by atoms with van der Waals surface area (Å²) in [6.45, 7) is 1.44. The smallest absolute Gasteiger partial charge is 0.165 e. The van der Waals surface area contributed by atoms with Gasteiger partial charge in [0.2, 0.25) is 0 Å². The number of carbonyl (C=O) groups excluding carboxylic acids is 1. The summed E-state index contributed by atoms with van der Waals surface area (Å²) in [7, 11) is 1.61. The lowest BCUT2D eigenvalue weighted by Crippen LogP contribution is -2.37. The minimum Gasteiger partial charge on any atom is -0.496 e. The molecule has 3 heteroatoms. The van der Waals surface area contributed by atoms with Gasteiger partial charge in [-0.2, -0.15) is 0 Å². The molecular weight excluding hydrogens is 204 g/mol. The van der Waals surface area contributed by atoms with Crippen molar-refractivity contribution >= 4 is 5.78 Å². The Morgan fingerprint density at radius 1 is 1.50 bits per heavy atom. The predicted octanol–water partition coefficient (Wildman–Crippen LogP) is 1.81. The first-order chi connectivity index (χ1) is 7.59. The number of carbonyl (C=O) groups is 1. The Bertz CT molecular complexity index is 425. The SMILES string of the molecule is COc1cccc2c1CCC[C@]2(O)C(C)=O. The summed E-state index contributed by atoms with van der Waals surface area (Å²) in [5.74, 6) is 0.568. The molecule has 1 aliphatic rings. The zero-order valence-corrected chi connectivity index (χ0v) is 9.62. The van der Waals surface area contributed by atoms with E-state index in [0.29, 0.717) is 12.0 Å². The van der Waals surface area contributed by atoms with Crippen LogP contribution in [0.25, 0.3) is 0 Å². The van der Waals surface area contributed by atoms with E-state index in [1.54, 1.807) is 7.11 Å². The van der Waals surface area contributed by atoms with Crippen molar-refractivity contribution < 1.29 is 14.6 Å². The maximum atomic E-state index is 11.6. The van der Waals surface area contributed by atoms with E-state index in [1.807, 2.05) is 18.2 Å². The Morgan fingerprint density at radius 2 is 2.25 bits per heavy atom. The van der Waals surface area contributed by atoms with E-state index in [2.05, 4.69) is 0 Å². The first-order valence-corrected chi connectivity index (χ1v) is 5.49. The minimum atomic E-state index is -1.32. The molecule has 0 spiro atoms. The second kappa shape index (κ2) is 3.91. The zero-order chi connectivity index (χ0) is 11.8. The standard InChI is InChI=1S/C13H16O3/c1-9(14)13(15)8-4-5-10-11(13)6-3-7-12(10)16-2/h3,6-7,15H,4-5,8H2,1-2H3/t13-/m0/s1. The van der Waals surface area contributed by atoms with Crippen molar-refractivity contribution in [2.75, 3.05) is 7.11 Å². The van der Waals surface area contributed by atoms with Crippen LogP contribution in [0, 0.1) is 0 Å². The van der Waals surface area contributed by atoms with Crippen molar-refractivity contribution in [3.8, 4) is 5.75 Å². The summed E-state index contributed by atoms with van der Waals surface area (Å²) >= 11 is 0. The first kappa shape index (κ1) is 11.1. The van der Waals surface area contributed by atoms with Gasteiger partial charge in [-0.25, -0.2) is 0 Å². The Kier molecular flexibility index (Phi) is 2.72. The third-order valence-electron chi connectivity index (χ3n) is 3.35. The van der Waals surface area contributed by atoms with E-state index < -0.39 is 5.60 Å². The Balaban J connectivity index is 2.59. The topological polar surface area (TPSA) is 46.5 Å². The van der Waals surface area contributed by atoms with Crippen LogP contribution in [0.4, 0.5) is 0 Å². The molecule has 0 radical (unpaired) electrons. The van der Waals surface area contributed by atoms with Gasteiger partial charge in [-0.15, -0.1) is 0 Å².